The monoisotopic (exact) mass is 247 g/mol. The summed E-state index contributed by atoms with van der Waals surface area (Å²) in [6.45, 7) is 7.25. The second-order valence-corrected chi connectivity index (χ2v) is 5.31. The molecule has 2 heteroatoms. The van der Waals surface area contributed by atoms with Crippen LogP contribution in [0.25, 0.3) is 0 Å². The molecule has 0 atom stereocenters. The molecule has 0 aromatic carbocycles. The summed E-state index contributed by atoms with van der Waals surface area (Å²) in [4.78, 5) is 2.69. The van der Waals surface area contributed by atoms with Gasteiger partial charge >= 0.3 is 0 Å². The van der Waals surface area contributed by atoms with Gasteiger partial charge in [-0.3, -0.25) is 0 Å². The van der Waals surface area contributed by atoms with Crippen LogP contribution in [0.4, 0.5) is 0 Å². The van der Waals surface area contributed by atoms with Crippen molar-refractivity contribution >= 4 is 15.9 Å². The van der Waals surface area contributed by atoms with Gasteiger partial charge in [0, 0.05) is 17.9 Å². The molecular weight excluding hydrogens is 226 g/mol. The van der Waals surface area contributed by atoms with E-state index in [9.17, 15) is 0 Å². The van der Waals surface area contributed by atoms with Crippen LogP contribution in [0.3, 0.4) is 0 Å². The number of hydrogen-bond donors (Lipinski definition) is 0. The molecule has 1 aliphatic carbocycles. The lowest BCUT2D eigenvalue weighted by Crippen LogP contribution is -2.31. The Balaban J connectivity index is 2.13. The summed E-state index contributed by atoms with van der Waals surface area (Å²) in [5.74, 6) is 0.824. The number of rotatable bonds is 7. The fourth-order valence-electron chi connectivity index (χ4n) is 1.74. The Labute approximate surface area is 91.0 Å². The molecule has 0 N–H and O–H groups in total. The van der Waals surface area contributed by atoms with E-state index in [0.717, 1.165) is 17.3 Å². The minimum absolute atomic E-state index is 0.824. The van der Waals surface area contributed by atoms with Gasteiger partial charge in [0.15, 0.2) is 0 Å². The third-order valence-electron chi connectivity index (χ3n) is 2.49. The molecule has 0 heterocycles. The van der Waals surface area contributed by atoms with Crippen molar-refractivity contribution in [2.45, 2.75) is 45.6 Å². The molecule has 1 nitrogen and oxygen atoms in total. The first-order valence-electron chi connectivity index (χ1n) is 5.54. The zero-order chi connectivity index (χ0) is 9.68. The summed E-state index contributed by atoms with van der Waals surface area (Å²) in [5.41, 5.74) is 0. The Morgan fingerprint density at radius 1 is 1.31 bits per heavy atom. The highest BCUT2D eigenvalue weighted by molar-refractivity contribution is 9.09. The highest BCUT2D eigenvalue weighted by Gasteiger charge is 2.28. The van der Waals surface area contributed by atoms with E-state index in [0.29, 0.717) is 0 Å². The van der Waals surface area contributed by atoms with Gasteiger partial charge in [-0.25, -0.2) is 0 Å². The molecule has 0 spiro atoms. The van der Waals surface area contributed by atoms with Crippen molar-refractivity contribution in [3.8, 4) is 0 Å². The second kappa shape index (κ2) is 6.02. The molecule has 0 unspecified atom stereocenters. The predicted octanol–water partition coefficient (Wildman–Crippen LogP) is 3.28. The van der Waals surface area contributed by atoms with E-state index in [1.165, 1.54) is 38.8 Å². The van der Waals surface area contributed by atoms with Crippen molar-refractivity contribution in [1.29, 1.82) is 0 Å². The molecule has 13 heavy (non-hydrogen) atoms. The van der Waals surface area contributed by atoms with Crippen LogP contribution in [0.2, 0.25) is 0 Å². The Hall–Kier alpha value is 0.440. The maximum Gasteiger partial charge on any atom is 0.00965 e. The Morgan fingerprint density at radius 3 is 2.46 bits per heavy atom. The summed E-state index contributed by atoms with van der Waals surface area (Å²) in [6, 6.07) is 0.942. The van der Waals surface area contributed by atoms with Crippen molar-refractivity contribution in [2.75, 3.05) is 18.4 Å². The molecule has 1 saturated carbocycles. The maximum absolute atomic E-state index is 3.48. The largest absolute Gasteiger partial charge is 0.300 e. The van der Waals surface area contributed by atoms with Crippen molar-refractivity contribution < 1.29 is 0 Å². The van der Waals surface area contributed by atoms with Gasteiger partial charge in [0.25, 0.3) is 0 Å². The van der Waals surface area contributed by atoms with Crippen molar-refractivity contribution in [1.82, 2.24) is 4.90 Å². The number of alkyl halides is 1. The SMILES string of the molecule is CC(C)CN(CCCCBr)C1CC1. The molecular formula is C11H22BrN. The van der Waals surface area contributed by atoms with Gasteiger partial charge in [-0.15, -0.1) is 0 Å². The zero-order valence-electron chi connectivity index (χ0n) is 8.93. The Morgan fingerprint density at radius 2 is 2.00 bits per heavy atom. The molecule has 0 aromatic rings. The molecule has 1 fully saturated rings. The van der Waals surface area contributed by atoms with E-state index in [1.807, 2.05) is 0 Å². The van der Waals surface area contributed by atoms with Crippen LogP contribution < -0.4 is 0 Å². The molecule has 78 valence electrons. The van der Waals surface area contributed by atoms with Gasteiger partial charge in [-0.1, -0.05) is 29.8 Å². The van der Waals surface area contributed by atoms with E-state index in [-0.39, 0.29) is 0 Å². The average molecular weight is 248 g/mol. The van der Waals surface area contributed by atoms with Crippen LogP contribution in [0.5, 0.6) is 0 Å². The molecule has 1 aliphatic rings. The average Bonchev–Trinajstić information content (AvgIpc) is 2.84. The standard InChI is InChI=1S/C11H22BrN/c1-10(2)9-13(11-5-6-11)8-4-3-7-12/h10-11H,3-9H2,1-2H3. The predicted molar refractivity (Wildman–Crippen MR) is 62.5 cm³/mol. The third kappa shape index (κ3) is 5.02. The van der Waals surface area contributed by atoms with E-state index in [4.69, 9.17) is 0 Å². The molecule has 0 aromatic heterocycles. The van der Waals surface area contributed by atoms with Gasteiger partial charge in [0.2, 0.25) is 0 Å². The van der Waals surface area contributed by atoms with Crippen molar-refractivity contribution in [3.63, 3.8) is 0 Å². The zero-order valence-corrected chi connectivity index (χ0v) is 10.5. The quantitative estimate of drug-likeness (QED) is 0.493. The maximum atomic E-state index is 3.48. The topological polar surface area (TPSA) is 3.24 Å². The van der Waals surface area contributed by atoms with Crippen LogP contribution in [-0.2, 0) is 0 Å². The van der Waals surface area contributed by atoms with Crippen LogP contribution in [0.1, 0.15) is 39.5 Å². The first-order valence-corrected chi connectivity index (χ1v) is 6.66. The number of hydrogen-bond acceptors (Lipinski definition) is 1. The van der Waals surface area contributed by atoms with Gasteiger partial charge in [0.1, 0.15) is 0 Å². The van der Waals surface area contributed by atoms with Gasteiger partial charge in [-0.2, -0.15) is 0 Å². The summed E-state index contributed by atoms with van der Waals surface area (Å²) in [5, 5.41) is 1.16. The molecule has 0 bridgehead atoms. The lowest BCUT2D eigenvalue weighted by molar-refractivity contribution is 0.231. The van der Waals surface area contributed by atoms with Gasteiger partial charge in [-0.05, 0) is 38.1 Å². The van der Waals surface area contributed by atoms with Crippen LogP contribution in [-0.4, -0.2) is 29.4 Å². The van der Waals surface area contributed by atoms with E-state index in [1.54, 1.807) is 0 Å². The van der Waals surface area contributed by atoms with Gasteiger partial charge in [0.05, 0.1) is 0 Å². The molecule has 0 radical (unpaired) electrons. The second-order valence-electron chi connectivity index (χ2n) is 4.52. The van der Waals surface area contributed by atoms with Crippen molar-refractivity contribution in [2.24, 2.45) is 5.92 Å². The Bertz CT molecular complexity index is 132. The lowest BCUT2D eigenvalue weighted by atomic mass is 10.2. The van der Waals surface area contributed by atoms with Crippen LogP contribution in [0, 0.1) is 5.92 Å². The smallest absolute Gasteiger partial charge is 0.00965 e. The molecule has 0 aliphatic heterocycles. The molecule has 0 saturated heterocycles. The number of halogens is 1. The lowest BCUT2D eigenvalue weighted by Gasteiger charge is -2.23. The van der Waals surface area contributed by atoms with Crippen LogP contribution >= 0.6 is 15.9 Å². The third-order valence-corrected chi connectivity index (χ3v) is 3.05. The normalized spacial score (nSPS) is 17.3. The van der Waals surface area contributed by atoms with Crippen LogP contribution in [0.15, 0.2) is 0 Å². The molecule has 1 rings (SSSR count). The fourth-order valence-corrected chi connectivity index (χ4v) is 2.14. The first-order chi connectivity index (χ1) is 6.24. The molecule has 0 amide bonds. The minimum Gasteiger partial charge on any atom is -0.300 e. The number of nitrogens with zero attached hydrogens (tertiary/aromatic N) is 1. The van der Waals surface area contributed by atoms with Crippen molar-refractivity contribution in [3.05, 3.63) is 0 Å². The van der Waals surface area contributed by atoms with Gasteiger partial charge < -0.3 is 4.90 Å². The summed E-state index contributed by atoms with van der Waals surface area (Å²) in [6.07, 6.45) is 5.57. The first kappa shape index (κ1) is 11.5. The minimum atomic E-state index is 0.824. The summed E-state index contributed by atoms with van der Waals surface area (Å²) in [7, 11) is 0. The summed E-state index contributed by atoms with van der Waals surface area (Å²) >= 11 is 3.48. The summed E-state index contributed by atoms with van der Waals surface area (Å²) < 4.78 is 0. The highest BCUT2D eigenvalue weighted by Crippen LogP contribution is 2.27. The number of unbranched alkanes of at least 4 members (excludes halogenated alkanes) is 1. The highest BCUT2D eigenvalue weighted by atomic mass is 79.9. The fraction of sp³-hybridized carbons (Fsp3) is 1.00. The van der Waals surface area contributed by atoms with E-state index in [2.05, 4.69) is 34.7 Å². The van der Waals surface area contributed by atoms with E-state index < -0.39 is 0 Å². The Kier molecular flexibility index (Phi) is 5.34. The van der Waals surface area contributed by atoms with E-state index >= 15 is 0 Å².